The molecule has 0 bridgehead atoms. The number of aliphatic hydroxyl groups is 2. The van der Waals surface area contributed by atoms with E-state index in [0.717, 1.165) is 19.3 Å². The maximum absolute atomic E-state index is 9.84. The van der Waals surface area contributed by atoms with Crippen molar-refractivity contribution in [1.29, 1.82) is 0 Å². The molecule has 2 aliphatic rings. The molecule has 0 saturated carbocycles. The lowest BCUT2D eigenvalue weighted by atomic mass is 9.79. The normalized spacial score (nSPS) is 15.8. The summed E-state index contributed by atoms with van der Waals surface area (Å²) in [5, 5.41) is 22.7. The molecule has 0 aliphatic heterocycles. The molecule has 0 heterocycles. The van der Waals surface area contributed by atoms with Gasteiger partial charge in [0.25, 0.3) is 0 Å². The van der Waals surface area contributed by atoms with Crippen LogP contribution in [-0.2, 0) is 25.7 Å². The lowest BCUT2D eigenvalue weighted by molar-refractivity contribution is 0.129. The first kappa shape index (κ1) is 18.5. The van der Waals surface area contributed by atoms with Crippen molar-refractivity contribution in [2.45, 2.75) is 51.0 Å². The number of benzene rings is 2. The second-order valence-corrected chi connectivity index (χ2v) is 7.75. The topological polar surface area (TPSA) is 43.7 Å². The molecule has 25 heavy (non-hydrogen) atoms. The van der Waals surface area contributed by atoms with Gasteiger partial charge in [-0.25, -0.2) is 0 Å². The maximum atomic E-state index is 9.84. The zero-order chi connectivity index (χ0) is 16.9. The number of halogens is 1. The molecule has 4 heteroatoms. The summed E-state index contributed by atoms with van der Waals surface area (Å²) in [6, 6.07) is 7.00. The molecule has 0 unspecified atom stereocenters. The minimum Gasteiger partial charge on any atom is -0.394 e. The van der Waals surface area contributed by atoms with Crippen LogP contribution < -0.4 is 4.90 Å². The average Bonchev–Trinajstić information content (AvgIpc) is 2.64. The molecule has 2 aromatic carbocycles. The summed E-state index contributed by atoms with van der Waals surface area (Å²) in [6.07, 6.45) is 6.94. The van der Waals surface area contributed by atoms with Crippen LogP contribution in [0, 0.1) is 0 Å². The minimum absolute atomic E-state index is 0. The van der Waals surface area contributed by atoms with Gasteiger partial charge in [0.1, 0.15) is 0 Å². The minimum atomic E-state index is -0.638. The van der Waals surface area contributed by atoms with Gasteiger partial charge >= 0.3 is 0 Å². The van der Waals surface area contributed by atoms with Gasteiger partial charge in [0.05, 0.1) is 18.8 Å². The molecule has 0 spiro atoms. The lowest BCUT2D eigenvalue weighted by Gasteiger charge is -2.40. The fraction of sp³-hybridized carbons (Fsp3) is 0.524. The van der Waals surface area contributed by atoms with E-state index in [1.54, 1.807) is 0 Å². The Hall–Kier alpha value is -1.29. The number of anilines is 1. The lowest BCUT2D eigenvalue weighted by Crippen LogP contribution is -2.50. The standard InChI is InChI=1S/C21H27NO2.ClH/c1-21(12-23,13-24)22(2)18-11-16-7-3-5-14-9-10-15-6-4-8-17(18)20(15)19(14)16;/h9-11,23-24H,3-8,12-13H2,1-2H3;1H. The highest BCUT2D eigenvalue weighted by atomic mass is 35.5. The van der Waals surface area contributed by atoms with Crippen molar-refractivity contribution in [3.63, 3.8) is 0 Å². The molecule has 3 nitrogen and oxygen atoms in total. The van der Waals surface area contributed by atoms with Crippen molar-refractivity contribution in [3.05, 3.63) is 40.5 Å². The van der Waals surface area contributed by atoms with Gasteiger partial charge in [0.15, 0.2) is 0 Å². The number of hydrogen-bond donors (Lipinski definition) is 2. The van der Waals surface area contributed by atoms with E-state index in [1.165, 1.54) is 58.0 Å². The van der Waals surface area contributed by atoms with Crippen LogP contribution in [0.3, 0.4) is 0 Å². The van der Waals surface area contributed by atoms with Crippen LogP contribution in [0.25, 0.3) is 10.8 Å². The maximum Gasteiger partial charge on any atom is 0.0830 e. The van der Waals surface area contributed by atoms with Gasteiger partial charge in [-0.3, -0.25) is 0 Å². The highest BCUT2D eigenvalue weighted by molar-refractivity contribution is 5.99. The van der Waals surface area contributed by atoms with E-state index in [4.69, 9.17) is 0 Å². The Morgan fingerprint density at radius 2 is 1.48 bits per heavy atom. The quantitative estimate of drug-likeness (QED) is 0.877. The predicted octanol–water partition coefficient (Wildman–Crippen LogP) is 3.42. The summed E-state index contributed by atoms with van der Waals surface area (Å²) < 4.78 is 0. The number of hydrogen-bond acceptors (Lipinski definition) is 3. The summed E-state index contributed by atoms with van der Waals surface area (Å²) in [5.74, 6) is 0. The summed E-state index contributed by atoms with van der Waals surface area (Å²) in [7, 11) is 2.01. The first-order chi connectivity index (χ1) is 11.6. The number of aliphatic hydroxyl groups excluding tert-OH is 2. The molecule has 136 valence electrons. The van der Waals surface area contributed by atoms with Gasteiger partial charge in [-0.15, -0.1) is 12.4 Å². The van der Waals surface area contributed by atoms with Crippen molar-refractivity contribution < 1.29 is 10.2 Å². The third-order valence-electron chi connectivity index (χ3n) is 6.24. The van der Waals surface area contributed by atoms with Crippen LogP contribution >= 0.6 is 12.4 Å². The molecular weight excluding hydrogens is 334 g/mol. The molecule has 0 atom stereocenters. The first-order valence-electron chi connectivity index (χ1n) is 9.14. The van der Waals surface area contributed by atoms with Crippen molar-refractivity contribution in [1.82, 2.24) is 0 Å². The molecule has 0 radical (unpaired) electrons. The van der Waals surface area contributed by atoms with E-state index in [0.29, 0.717) is 0 Å². The number of rotatable bonds is 4. The number of nitrogens with zero attached hydrogens (tertiary/aromatic N) is 1. The number of likely N-dealkylation sites (N-methyl/N-ethyl adjacent to an activating group) is 1. The molecular formula is C21H28ClNO2. The highest BCUT2D eigenvalue weighted by Crippen LogP contribution is 2.43. The molecule has 0 fully saturated rings. The molecule has 2 aromatic rings. The predicted molar refractivity (Wildman–Crippen MR) is 106 cm³/mol. The summed E-state index contributed by atoms with van der Waals surface area (Å²) >= 11 is 0. The zero-order valence-electron chi connectivity index (χ0n) is 15.1. The SMILES string of the molecule is CN(c1cc2c3c(ccc4c3c1CCC4)CCC2)C(C)(CO)CO.Cl. The fourth-order valence-corrected chi connectivity index (χ4v) is 4.50. The monoisotopic (exact) mass is 361 g/mol. The van der Waals surface area contributed by atoms with Crippen LogP contribution in [0.1, 0.15) is 42.0 Å². The van der Waals surface area contributed by atoms with E-state index < -0.39 is 5.54 Å². The molecule has 2 aliphatic carbocycles. The summed E-state index contributed by atoms with van der Waals surface area (Å²) in [4.78, 5) is 2.11. The Bertz CT molecular complexity index is 798. The van der Waals surface area contributed by atoms with E-state index >= 15 is 0 Å². The van der Waals surface area contributed by atoms with E-state index in [-0.39, 0.29) is 25.6 Å². The van der Waals surface area contributed by atoms with Gasteiger partial charge in [0, 0.05) is 12.7 Å². The van der Waals surface area contributed by atoms with Gasteiger partial charge in [0.2, 0.25) is 0 Å². The van der Waals surface area contributed by atoms with Crippen LogP contribution in [0.15, 0.2) is 18.2 Å². The Kier molecular flexibility index (Phi) is 5.02. The van der Waals surface area contributed by atoms with Crippen molar-refractivity contribution in [3.8, 4) is 0 Å². The van der Waals surface area contributed by atoms with Gasteiger partial charge < -0.3 is 15.1 Å². The molecule has 0 amide bonds. The Morgan fingerprint density at radius 1 is 0.920 bits per heavy atom. The van der Waals surface area contributed by atoms with Crippen molar-refractivity contribution in [2.75, 3.05) is 25.2 Å². The van der Waals surface area contributed by atoms with Crippen LogP contribution in [0.4, 0.5) is 5.69 Å². The number of aryl methyl sites for hydroxylation is 4. The van der Waals surface area contributed by atoms with E-state index in [9.17, 15) is 10.2 Å². The van der Waals surface area contributed by atoms with Crippen LogP contribution in [0.2, 0.25) is 0 Å². The Balaban J connectivity index is 0.00000182. The summed E-state index contributed by atoms with van der Waals surface area (Å²) in [6.45, 7) is 1.81. The van der Waals surface area contributed by atoms with Crippen LogP contribution in [0.5, 0.6) is 0 Å². The first-order valence-corrected chi connectivity index (χ1v) is 9.14. The summed E-state index contributed by atoms with van der Waals surface area (Å²) in [5.41, 5.74) is 6.39. The third kappa shape index (κ3) is 2.73. The van der Waals surface area contributed by atoms with Gasteiger partial charge in [-0.05, 0) is 84.5 Å². The highest BCUT2D eigenvalue weighted by Gasteiger charge is 2.32. The molecule has 2 N–H and O–H groups in total. The Labute approximate surface area is 156 Å². The smallest absolute Gasteiger partial charge is 0.0830 e. The third-order valence-corrected chi connectivity index (χ3v) is 6.24. The van der Waals surface area contributed by atoms with Gasteiger partial charge in [-0.1, -0.05) is 12.1 Å². The molecule has 0 aromatic heterocycles. The van der Waals surface area contributed by atoms with Gasteiger partial charge in [-0.2, -0.15) is 0 Å². The fourth-order valence-electron chi connectivity index (χ4n) is 4.50. The van der Waals surface area contributed by atoms with E-state index in [1.807, 2.05) is 14.0 Å². The van der Waals surface area contributed by atoms with Crippen LogP contribution in [-0.4, -0.2) is 36.0 Å². The largest absolute Gasteiger partial charge is 0.394 e. The average molecular weight is 362 g/mol. The zero-order valence-corrected chi connectivity index (χ0v) is 16.0. The molecule has 0 saturated heterocycles. The van der Waals surface area contributed by atoms with E-state index in [2.05, 4.69) is 23.1 Å². The Morgan fingerprint density at radius 3 is 2.12 bits per heavy atom. The van der Waals surface area contributed by atoms with Crippen molar-refractivity contribution in [2.24, 2.45) is 0 Å². The second kappa shape index (κ2) is 6.79. The van der Waals surface area contributed by atoms with Crippen molar-refractivity contribution >= 4 is 28.9 Å². The second-order valence-electron chi connectivity index (χ2n) is 7.75. The molecule has 4 rings (SSSR count).